The summed E-state index contributed by atoms with van der Waals surface area (Å²) in [5.74, 6) is 0. The van der Waals surface area contributed by atoms with Gasteiger partial charge in [-0.05, 0) is 62.1 Å². The number of benzene rings is 1. The third kappa shape index (κ3) is 2.00. The van der Waals surface area contributed by atoms with Gasteiger partial charge in [0.25, 0.3) is 0 Å². The van der Waals surface area contributed by atoms with Gasteiger partial charge >= 0.3 is 0 Å². The lowest BCUT2D eigenvalue weighted by Crippen LogP contribution is -2.26. The molecule has 1 aromatic heterocycles. The molecule has 2 heteroatoms. The lowest BCUT2D eigenvalue weighted by Gasteiger charge is -2.19. The molecular formula is C16H19NS. The maximum atomic E-state index is 3.53. The summed E-state index contributed by atoms with van der Waals surface area (Å²) in [6.07, 6.45) is 1.17. The highest BCUT2D eigenvalue weighted by Crippen LogP contribution is 2.37. The SMILES string of the molecule is Cc1ccc(-c2cc3c(s2)C(C)NCC3)cc1C. The minimum atomic E-state index is 0.513. The van der Waals surface area contributed by atoms with Crippen molar-refractivity contribution in [2.75, 3.05) is 6.54 Å². The van der Waals surface area contributed by atoms with Crippen molar-refractivity contribution in [3.63, 3.8) is 0 Å². The van der Waals surface area contributed by atoms with Crippen LogP contribution in [-0.2, 0) is 6.42 Å². The van der Waals surface area contributed by atoms with Crippen LogP contribution in [0.3, 0.4) is 0 Å². The fourth-order valence-corrected chi connectivity index (χ4v) is 3.79. The zero-order chi connectivity index (χ0) is 12.7. The number of hydrogen-bond donors (Lipinski definition) is 1. The maximum Gasteiger partial charge on any atom is 0.0389 e. The van der Waals surface area contributed by atoms with E-state index in [1.807, 2.05) is 11.3 Å². The second-order valence-corrected chi connectivity index (χ2v) is 6.31. The highest BCUT2D eigenvalue weighted by molar-refractivity contribution is 7.15. The molecule has 0 fully saturated rings. The Kier molecular flexibility index (Phi) is 3.00. The molecule has 0 radical (unpaired) electrons. The van der Waals surface area contributed by atoms with Gasteiger partial charge in [0.1, 0.15) is 0 Å². The minimum Gasteiger partial charge on any atom is -0.309 e. The van der Waals surface area contributed by atoms with Crippen molar-refractivity contribution in [3.05, 3.63) is 45.8 Å². The van der Waals surface area contributed by atoms with E-state index in [2.05, 4.69) is 50.4 Å². The standard InChI is InChI=1S/C16H19NS/c1-10-4-5-13(8-11(10)2)15-9-14-6-7-17-12(3)16(14)18-15/h4-5,8-9,12,17H,6-7H2,1-3H3. The molecule has 1 aromatic carbocycles. The summed E-state index contributed by atoms with van der Waals surface area (Å²) in [4.78, 5) is 2.94. The highest BCUT2D eigenvalue weighted by Gasteiger charge is 2.19. The van der Waals surface area contributed by atoms with Gasteiger partial charge in [-0.25, -0.2) is 0 Å². The van der Waals surface area contributed by atoms with E-state index in [0.717, 1.165) is 6.54 Å². The van der Waals surface area contributed by atoms with Crippen molar-refractivity contribution in [2.24, 2.45) is 0 Å². The first-order valence-electron chi connectivity index (χ1n) is 6.59. The van der Waals surface area contributed by atoms with Crippen LogP contribution in [0.4, 0.5) is 0 Å². The molecule has 1 aliphatic heterocycles. The molecule has 1 aliphatic rings. The summed E-state index contributed by atoms with van der Waals surface area (Å²) < 4.78 is 0. The number of thiophene rings is 1. The molecule has 0 spiro atoms. The topological polar surface area (TPSA) is 12.0 Å². The number of rotatable bonds is 1. The van der Waals surface area contributed by atoms with Gasteiger partial charge in [0.15, 0.2) is 0 Å². The molecule has 3 rings (SSSR count). The molecule has 2 heterocycles. The van der Waals surface area contributed by atoms with Crippen molar-refractivity contribution in [3.8, 4) is 10.4 Å². The van der Waals surface area contributed by atoms with Crippen molar-refractivity contribution in [1.82, 2.24) is 5.32 Å². The Labute approximate surface area is 113 Å². The summed E-state index contributed by atoms with van der Waals surface area (Å²) in [6.45, 7) is 7.73. The van der Waals surface area contributed by atoms with Crippen molar-refractivity contribution < 1.29 is 0 Å². The Morgan fingerprint density at radius 1 is 1.17 bits per heavy atom. The van der Waals surface area contributed by atoms with Gasteiger partial charge in [-0.2, -0.15) is 0 Å². The number of fused-ring (bicyclic) bond motifs is 1. The molecule has 0 saturated carbocycles. The molecule has 0 saturated heterocycles. The molecule has 0 aliphatic carbocycles. The Morgan fingerprint density at radius 2 is 2.00 bits per heavy atom. The molecule has 1 nitrogen and oxygen atoms in total. The molecule has 1 N–H and O–H groups in total. The van der Waals surface area contributed by atoms with Gasteiger partial charge in [-0.1, -0.05) is 18.2 Å². The van der Waals surface area contributed by atoms with Crippen LogP contribution < -0.4 is 5.32 Å². The monoisotopic (exact) mass is 257 g/mol. The van der Waals surface area contributed by atoms with Gasteiger partial charge in [0.05, 0.1) is 0 Å². The summed E-state index contributed by atoms with van der Waals surface area (Å²) in [5, 5.41) is 3.53. The van der Waals surface area contributed by atoms with E-state index in [-0.39, 0.29) is 0 Å². The maximum absolute atomic E-state index is 3.53. The highest BCUT2D eigenvalue weighted by atomic mass is 32.1. The molecule has 94 valence electrons. The van der Waals surface area contributed by atoms with Crippen LogP contribution in [0.25, 0.3) is 10.4 Å². The van der Waals surface area contributed by atoms with Gasteiger partial charge in [0.2, 0.25) is 0 Å². The Morgan fingerprint density at radius 3 is 2.72 bits per heavy atom. The summed E-state index contributed by atoms with van der Waals surface area (Å²) in [6, 6.07) is 9.69. The average molecular weight is 257 g/mol. The lowest BCUT2D eigenvalue weighted by atomic mass is 10.0. The fraction of sp³-hybridized carbons (Fsp3) is 0.375. The number of nitrogens with one attached hydrogen (secondary N) is 1. The van der Waals surface area contributed by atoms with Gasteiger partial charge < -0.3 is 5.32 Å². The Balaban J connectivity index is 2.04. The molecule has 2 aromatic rings. The Hall–Kier alpha value is -1.12. The average Bonchev–Trinajstić information content (AvgIpc) is 2.78. The quantitative estimate of drug-likeness (QED) is 0.806. The predicted molar refractivity (Wildman–Crippen MR) is 79.4 cm³/mol. The van der Waals surface area contributed by atoms with E-state index in [1.165, 1.54) is 32.9 Å². The van der Waals surface area contributed by atoms with E-state index >= 15 is 0 Å². The summed E-state index contributed by atoms with van der Waals surface area (Å²) in [7, 11) is 0. The summed E-state index contributed by atoms with van der Waals surface area (Å²) >= 11 is 1.95. The van der Waals surface area contributed by atoms with E-state index < -0.39 is 0 Å². The van der Waals surface area contributed by atoms with Gasteiger partial charge in [-0.3, -0.25) is 0 Å². The normalized spacial score (nSPS) is 18.7. The van der Waals surface area contributed by atoms with Crippen LogP contribution >= 0.6 is 11.3 Å². The van der Waals surface area contributed by atoms with E-state index in [9.17, 15) is 0 Å². The van der Waals surface area contributed by atoms with Crippen LogP contribution in [0.1, 0.15) is 34.5 Å². The van der Waals surface area contributed by atoms with Crippen molar-refractivity contribution >= 4 is 11.3 Å². The third-order valence-corrected chi connectivity index (χ3v) is 5.28. The predicted octanol–water partition coefficient (Wildman–Crippen LogP) is 4.24. The number of hydrogen-bond acceptors (Lipinski definition) is 2. The zero-order valence-electron chi connectivity index (χ0n) is 11.2. The summed E-state index contributed by atoms with van der Waals surface area (Å²) in [5.41, 5.74) is 5.66. The second kappa shape index (κ2) is 4.52. The van der Waals surface area contributed by atoms with Crippen molar-refractivity contribution in [1.29, 1.82) is 0 Å². The lowest BCUT2D eigenvalue weighted by molar-refractivity contribution is 0.551. The van der Waals surface area contributed by atoms with E-state index in [1.54, 1.807) is 5.56 Å². The number of aryl methyl sites for hydroxylation is 2. The second-order valence-electron chi connectivity index (χ2n) is 5.22. The van der Waals surface area contributed by atoms with E-state index in [4.69, 9.17) is 0 Å². The van der Waals surface area contributed by atoms with Crippen LogP contribution in [0.5, 0.6) is 0 Å². The smallest absolute Gasteiger partial charge is 0.0389 e. The fourth-order valence-electron chi connectivity index (χ4n) is 2.56. The zero-order valence-corrected chi connectivity index (χ0v) is 12.0. The van der Waals surface area contributed by atoms with E-state index in [0.29, 0.717) is 6.04 Å². The van der Waals surface area contributed by atoms with Crippen LogP contribution in [0.15, 0.2) is 24.3 Å². The molecule has 18 heavy (non-hydrogen) atoms. The van der Waals surface area contributed by atoms with Crippen LogP contribution in [-0.4, -0.2) is 6.54 Å². The molecule has 0 bridgehead atoms. The molecular weight excluding hydrogens is 238 g/mol. The largest absolute Gasteiger partial charge is 0.309 e. The molecule has 1 atom stereocenters. The first-order chi connectivity index (χ1) is 8.65. The first kappa shape index (κ1) is 11.9. The van der Waals surface area contributed by atoms with Gasteiger partial charge in [0, 0.05) is 15.8 Å². The Bertz CT molecular complexity index is 583. The third-order valence-electron chi connectivity index (χ3n) is 3.87. The molecule has 1 unspecified atom stereocenters. The minimum absolute atomic E-state index is 0.513. The molecule has 0 amide bonds. The van der Waals surface area contributed by atoms with Gasteiger partial charge in [-0.15, -0.1) is 11.3 Å². The van der Waals surface area contributed by atoms with Crippen LogP contribution in [0.2, 0.25) is 0 Å². The van der Waals surface area contributed by atoms with Crippen molar-refractivity contribution in [2.45, 2.75) is 33.2 Å². The first-order valence-corrected chi connectivity index (χ1v) is 7.40. The van der Waals surface area contributed by atoms with Crippen LogP contribution in [0, 0.1) is 13.8 Å².